The highest BCUT2D eigenvalue weighted by molar-refractivity contribution is 5.96. The van der Waals surface area contributed by atoms with E-state index in [0.29, 0.717) is 12.5 Å². The van der Waals surface area contributed by atoms with Crippen molar-refractivity contribution in [2.75, 3.05) is 32.8 Å². The van der Waals surface area contributed by atoms with Crippen molar-refractivity contribution in [3.63, 3.8) is 0 Å². The summed E-state index contributed by atoms with van der Waals surface area (Å²) in [4.78, 5) is 14.6. The fraction of sp³-hybridized carbons (Fsp3) is 0.409. The number of carbonyl (C=O) groups is 1. The van der Waals surface area contributed by atoms with Gasteiger partial charge in [-0.3, -0.25) is 9.69 Å². The fourth-order valence-corrected chi connectivity index (χ4v) is 3.42. The van der Waals surface area contributed by atoms with Gasteiger partial charge in [0.1, 0.15) is 0 Å². The van der Waals surface area contributed by atoms with E-state index in [0.717, 1.165) is 37.2 Å². The van der Waals surface area contributed by atoms with Gasteiger partial charge in [-0.15, -0.1) is 0 Å². The summed E-state index contributed by atoms with van der Waals surface area (Å²) in [6.45, 7) is 8.67. The van der Waals surface area contributed by atoms with E-state index in [-0.39, 0.29) is 12.0 Å². The van der Waals surface area contributed by atoms with Gasteiger partial charge >= 0.3 is 0 Å². The van der Waals surface area contributed by atoms with Gasteiger partial charge in [0.05, 0.1) is 12.7 Å². The second-order valence-corrected chi connectivity index (χ2v) is 7.29. The molecule has 3 rings (SSSR count). The van der Waals surface area contributed by atoms with Crippen molar-refractivity contribution >= 4 is 22.8 Å². The number of morpholine rings is 1. The Hall–Kier alpha value is -2.17. The minimum Gasteiger partial charge on any atom is -0.374 e. The van der Waals surface area contributed by atoms with Crippen LogP contribution in [0.4, 0.5) is 0 Å². The molecule has 0 saturated carbocycles. The largest absolute Gasteiger partial charge is 0.374 e. The monoisotopic (exact) mass is 352 g/mol. The smallest absolute Gasteiger partial charge is 0.244 e. The molecule has 0 spiro atoms. The van der Waals surface area contributed by atoms with E-state index in [9.17, 15) is 4.79 Å². The van der Waals surface area contributed by atoms with Gasteiger partial charge in [0.15, 0.2) is 0 Å². The van der Waals surface area contributed by atoms with Gasteiger partial charge in [-0.2, -0.15) is 0 Å². The Morgan fingerprint density at radius 2 is 2.08 bits per heavy atom. The molecular formula is C22H28N2O2. The first-order valence-electron chi connectivity index (χ1n) is 9.39. The number of hydrogen-bond donors (Lipinski definition) is 1. The topological polar surface area (TPSA) is 41.6 Å². The van der Waals surface area contributed by atoms with E-state index in [1.165, 1.54) is 5.39 Å². The summed E-state index contributed by atoms with van der Waals surface area (Å²) in [5.41, 5.74) is 1.05. The average Bonchev–Trinajstić information content (AvgIpc) is 2.64. The van der Waals surface area contributed by atoms with Crippen LogP contribution >= 0.6 is 0 Å². The lowest BCUT2D eigenvalue weighted by atomic mass is 10.0. The molecule has 1 unspecified atom stereocenters. The molecule has 2 aromatic carbocycles. The number of carbonyl (C=O) groups excluding carboxylic acids is 1. The lowest BCUT2D eigenvalue weighted by Gasteiger charge is -2.33. The number of nitrogens with zero attached hydrogens (tertiary/aromatic N) is 1. The summed E-state index contributed by atoms with van der Waals surface area (Å²) in [5.74, 6) is 0.564. The Kier molecular flexibility index (Phi) is 6.42. The van der Waals surface area contributed by atoms with Gasteiger partial charge < -0.3 is 10.1 Å². The van der Waals surface area contributed by atoms with Crippen LogP contribution in [-0.4, -0.2) is 49.7 Å². The van der Waals surface area contributed by atoms with Gasteiger partial charge in [0.25, 0.3) is 0 Å². The Bertz CT molecular complexity index is 764. The van der Waals surface area contributed by atoms with Crippen molar-refractivity contribution < 1.29 is 9.53 Å². The second kappa shape index (κ2) is 8.97. The zero-order chi connectivity index (χ0) is 18.4. The molecule has 4 heteroatoms. The van der Waals surface area contributed by atoms with Crippen LogP contribution in [0.2, 0.25) is 0 Å². The number of benzene rings is 2. The van der Waals surface area contributed by atoms with Gasteiger partial charge in [-0.1, -0.05) is 56.3 Å². The van der Waals surface area contributed by atoms with E-state index in [1.807, 2.05) is 30.3 Å². The molecule has 0 radical (unpaired) electrons. The van der Waals surface area contributed by atoms with E-state index in [2.05, 4.69) is 42.3 Å². The van der Waals surface area contributed by atoms with Gasteiger partial charge in [0.2, 0.25) is 5.91 Å². The Labute approximate surface area is 155 Å². The first kappa shape index (κ1) is 18.6. The predicted octanol–water partition coefficient (Wildman–Crippen LogP) is 3.33. The second-order valence-electron chi connectivity index (χ2n) is 7.29. The summed E-state index contributed by atoms with van der Waals surface area (Å²) in [6.07, 6.45) is 3.55. The molecule has 26 heavy (non-hydrogen) atoms. The van der Waals surface area contributed by atoms with Crippen LogP contribution in [0, 0.1) is 5.92 Å². The summed E-state index contributed by atoms with van der Waals surface area (Å²) in [5, 5.41) is 5.30. The van der Waals surface area contributed by atoms with E-state index in [4.69, 9.17) is 4.74 Å². The van der Waals surface area contributed by atoms with Crippen molar-refractivity contribution in [1.82, 2.24) is 10.2 Å². The van der Waals surface area contributed by atoms with E-state index >= 15 is 0 Å². The van der Waals surface area contributed by atoms with Crippen molar-refractivity contribution in [2.45, 2.75) is 20.0 Å². The SMILES string of the molecule is CC(C)CN1CCOC(CNC(=O)/C=C/c2cccc3ccccc23)C1. The minimum atomic E-state index is -0.0810. The standard InChI is InChI=1S/C22H28N2O2/c1-17(2)15-24-12-13-26-20(16-24)14-23-22(25)11-10-19-8-5-7-18-6-3-4-9-21(18)19/h3-11,17,20H,12-16H2,1-2H3,(H,23,25)/b11-10+. The van der Waals surface area contributed by atoms with Gasteiger partial charge in [0, 0.05) is 32.3 Å². The van der Waals surface area contributed by atoms with Crippen molar-refractivity contribution in [1.29, 1.82) is 0 Å². The quantitative estimate of drug-likeness (QED) is 0.811. The summed E-state index contributed by atoms with van der Waals surface area (Å²) in [6, 6.07) is 14.3. The first-order valence-corrected chi connectivity index (χ1v) is 9.39. The van der Waals surface area contributed by atoms with Crippen LogP contribution < -0.4 is 5.32 Å². The van der Waals surface area contributed by atoms with Crippen LogP contribution in [0.3, 0.4) is 0 Å². The van der Waals surface area contributed by atoms with Crippen molar-refractivity contribution in [3.05, 3.63) is 54.1 Å². The van der Waals surface area contributed by atoms with Crippen LogP contribution in [0.1, 0.15) is 19.4 Å². The molecule has 0 aliphatic carbocycles. The van der Waals surface area contributed by atoms with Crippen molar-refractivity contribution in [2.24, 2.45) is 5.92 Å². The molecule has 1 aliphatic heterocycles. The van der Waals surface area contributed by atoms with Crippen LogP contribution in [0.25, 0.3) is 16.8 Å². The number of rotatable bonds is 6. The van der Waals surface area contributed by atoms with E-state index < -0.39 is 0 Å². The van der Waals surface area contributed by atoms with Crippen LogP contribution in [0.5, 0.6) is 0 Å². The fourth-order valence-electron chi connectivity index (χ4n) is 3.42. The van der Waals surface area contributed by atoms with E-state index in [1.54, 1.807) is 6.08 Å². The third-order valence-corrected chi connectivity index (χ3v) is 4.59. The maximum absolute atomic E-state index is 12.2. The molecule has 1 fully saturated rings. The minimum absolute atomic E-state index is 0.0670. The molecule has 0 aromatic heterocycles. The summed E-state index contributed by atoms with van der Waals surface area (Å²) >= 11 is 0. The number of hydrogen-bond acceptors (Lipinski definition) is 3. The number of fused-ring (bicyclic) bond motifs is 1. The third kappa shape index (κ3) is 5.16. The molecule has 1 atom stereocenters. The molecule has 1 amide bonds. The lowest BCUT2D eigenvalue weighted by Crippen LogP contribution is -2.48. The number of nitrogens with one attached hydrogen (secondary N) is 1. The predicted molar refractivity (Wildman–Crippen MR) is 107 cm³/mol. The zero-order valence-corrected chi connectivity index (χ0v) is 15.7. The highest BCUT2D eigenvalue weighted by Crippen LogP contribution is 2.19. The van der Waals surface area contributed by atoms with Crippen LogP contribution in [-0.2, 0) is 9.53 Å². The maximum Gasteiger partial charge on any atom is 0.244 e. The zero-order valence-electron chi connectivity index (χ0n) is 15.7. The summed E-state index contributed by atoms with van der Waals surface area (Å²) in [7, 11) is 0. The van der Waals surface area contributed by atoms with Gasteiger partial charge in [-0.25, -0.2) is 0 Å². The highest BCUT2D eigenvalue weighted by Gasteiger charge is 2.21. The number of amides is 1. The van der Waals surface area contributed by atoms with Crippen LogP contribution in [0.15, 0.2) is 48.5 Å². The normalized spacial score (nSPS) is 18.7. The molecule has 1 saturated heterocycles. The Morgan fingerprint density at radius 1 is 1.27 bits per heavy atom. The lowest BCUT2D eigenvalue weighted by molar-refractivity contribution is -0.117. The molecule has 0 bridgehead atoms. The maximum atomic E-state index is 12.2. The molecule has 1 heterocycles. The van der Waals surface area contributed by atoms with Crippen molar-refractivity contribution in [3.8, 4) is 0 Å². The Morgan fingerprint density at radius 3 is 2.92 bits per heavy atom. The third-order valence-electron chi connectivity index (χ3n) is 4.59. The number of ether oxygens (including phenoxy) is 1. The molecule has 1 N–H and O–H groups in total. The first-order chi connectivity index (χ1) is 12.6. The molecule has 4 nitrogen and oxygen atoms in total. The molecule has 1 aliphatic rings. The Balaban J connectivity index is 1.53. The molecule has 138 valence electrons. The molecular weight excluding hydrogens is 324 g/mol. The summed E-state index contributed by atoms with van der Waals surface area (Å²) < 4.78 is 5.78. The molecule has 2 aromatic rings. The highest BCUT2D eigenvalue weighted by atomic mass is 16.5. The average molecular weight is 352 g/mol. The van der Waals surface area contributed by atoms with Gasteiger partial charge in [-0.05, 0) is 28.3 Å².